The summed E-state index contributed by atoms with van der Waals surface area (Å²) in [6, 6.07) is 17.2. The van der Waals surface area contributed by atoms with Gasteiger partial charge in [-0.2, -0.15) is 0 Å². The molecular weight excluding hydrogens is 588 g/mol. The fraction of sp³-hybridized carbons (Fsp3) is 0.389. The van der Waals surface area contributed by atoms with E-state index in [4.69, 9.17) is 21.1 Å². The number of phenolic OH excluding ortho intramolecular Hbond substituents is 2. The van der Waals surface area contributed by atoms with Gasteiger partial charge in [-0.3, -0.25) is 4.90 Å². The monoisotopic (exact) mass is 630 g/mol. The van der Waals surface area contributed by atoms with Crippen LogP contribution in [0.15, 0.2) is 67.0 Å². The van der Waals surface area contributed by atoms with Gasteiger partial charge >= 0.3 is 0 Å². The van der Waals surface area contributed by atoms with Crippen molar-refractivity contribution in [2.24, 2.45) is 0 Å². The molecule has 0 saturated carbocycles. The van der Waals surface area contributed by atoms with Gasteiger partial charge in [0.15, 0.2) is 11.5 Å². The number of nitrogens with one attached hydrogen (secondary N) is 2. The number of hydrogen-bond donors (Lipinski definition) is 4. The zero-order valence-electron chi connectivity index (χ0n) is 25.7. The highest BCUT2D eigenvalue weighted by molar-refractivity contribution is 6.17. The number of aryl methyl sites for hydroxylation is 2. The number of fused-ring (bicyclic) bond motifs is 3. The number of anilines is 1. The lowest BCUT2D eigenvalue weighted by molar-refractivity contribution is 0.171. The van der Waals surface area contributed by atoms with Crippen LogP contribution in [0.25, 0.3) is 21.8 Å². The molecule has 2 aliphatic heterocycles. The van der Waals surface area contributed by atoms with Gasteiger partial charge in [-0.15, -0.1) is 11.6 Å². The average Bonchev–Trinajstić information content (AvgIpc) is 3.66. The van der Waals surface area contributed by atoms with E-state index < -0.39 is 0 Å². The minimum Gasteiger partial charge on any atom is -0.508 e. The van der Waals surface area contributed by atoms with Crippen molar-refractivity contribution in [1.29, 1.82) is 0 Å². The van der Waals surface area contributed by atoms with Gasteiger partial charge in [-0.1, -0.05) is 0 Å². The van der Waals surface area contributed by atoms with E-state index in [9.17, 15) is 10.2 Å². The first-order chi connectivity index (χ1) is 22.1. The number of unbranched alkanes of at least 4 members (excludes halogenated alkanes) is 2. The van der Waals surface area contributed by atoms with Crippen molar-refractivity contribution in [1.82, 2.24) is 14.9 Å². The summed E-state index contributed by atoms with van der Waals surface area (Å²) in [5, 5.41) is 21.4. The summed E-state index contributed by atoms with van der Waals surface area (Å²) >= 11 is 5.64. The van der Waals surface area contributed by atoms with Crippen LogP contribution in [0.5, 0.6) is 23.0 Å². The van der Waals surface area contributed by atoms with E-state index in [1.54, 1.807) is 12.1 Å². The number of nitrogens with zero attached hydrogens (tertiary/aromatic N) is 2. The molecule has 0 unspecified atom stereocenters. The Morgan fingerprint density at radius 3 is 1.89 bits per heavy atom. The molecular formula is C36H43ClN4O4. The van der Waals surface area contributed by atoms with Crippen molar-refractivity contribution in [3.05, 3.63) is 78.1 Å². The highest BCUT2D eigenvalue weighted by atomic mass is 35.5. The normalized spacial score (nSPS) is 14.9. The number of H-pyrrole nitrogens is 2. The Morgan fingerprint density at radius 1 is 0.667 bits per heavy atom. The van der Waals surface area contributed by atoms with Crippen molar-refractivity contribution >= 4 is 39.1 Å². The molecule has 45 heavy (non-hydrogen) atoms. The Morgan fingerprint density at radius 2 is 1.27 bits per heavy atom. The number of halogens is 1. The van der Waals surface area contributed by atoms with Crippen molar-refractivity contribution in [2.75, 3.05) is 56.7 Å². The Labute approximate surface area is 269 Å². The first-order valence-corrected chi connectivity index (χ1v) is 16.6. The summed E-state index contributed by atoms with van der Waals surface area (Å²) in [5.41, 5.74) is 5.95. The van der Waals surface area contributed by atoms with Crippen LogP contribution >= 0.6 is 11.6 Å². The molecule has 2 aromatic heterocycles. The largest absolute Gasteiger partial charge is 0.508 e. The van der Waals surface area contributed by atoms with Crippen molar-refractivity contribution in [3.63, 3.8) is 0 Å². The van der Waals surface area contributed by atoms with Crippen molar-refractivity contribution in [2.45, 2.75) is 38.5 Å². The molecule has 5 aromatic rings. The van der Waals surface area contributed by atoms with Crippen LogP contribution in [-0.2, 0) is 12.8 Å². The second kappa shape index (κ2) is 14.8. The summed E-state index contributed by atoms with van der Waals surface area (Å²) in [6.45, 7) is 6.67. The van der Waals surface area contributed by atoms with Crippen LogP contribution in [-0.4, -0.2) is 76.9 Å². The highest BCUT2D eigenvalue weighted by Gasteiger charge is 2.19. The predicted octanol–water partition coefficient (Wildman–Crippen LogP) is 7.22. The minimum absolute atomic E-state index is 0.320. The van der Waals surface area contributed by atoms with E-state index in [1.165, 1.54) is 23.2 Å². The molecule has 0 spiro atoms. The Kier molecular flexibility index (Phi) is 10.2. The summed E-state index contributed by atoms with van der Waals surface area (Å²) in [6.07, 6.45) is 10.6. The molecule has 0 aliphatic carbocycles. The third-order valence-electron chi connectivity index (χ3n) is 8.77. The third-order valence-corrected chi connectivity index (χ3v) is 9.03. The second-order valence-electron chi connectivity index (χ2n) is 11.8. The quantitative estimate of drug-likeness (QED) is 0.0961. The molecule has 238 valence electrons. The van der Waals surface area contributed by atoms with E-state index in [2.05, 4.69) is 38.1 Å². The number of phenols is 2. The van der Waals surface area contributed by atoms with Gasteiger partial charge in [0.1, 0.15) is 24.7 Å². The van der Waals surface area contributed by atoms with E-state index in [0.717, 1.165) is 98.1 Å². The summed E-state index contributed by atoms with van der Waals surface area (Å²) in [5.74, 6) is 3.09. The smallest absolute Gasteiger partial charge is 0.163 e. The fourth-order valence-electron chi connectivity index (χ4n) is 6.27. The maximum absolute atomic E-state index is 9.74. The lowest BCUT2D eigenvalue weighted by Gasteiger charge is -2.36. The number of aromatic hydroxyl groups is 2. The van der Waals surface area contributed by atoms with Crippen LogP contribution < -0.4 is 14.4 Å². The number of piperazine rings is 1. The zero-order chi connectivity index (χ0) is 31.0. The van der Waals surface area contributed by atoms with E-state index >= 15 is 0 Å². The molecule has 0 atom stereocenters. The molecule has 0 radical (unpaired) electrons. The highest BCUT2D eigenvalue weighted by Crippen LogP contribution is 2.34. The van der Waals surface area contributed by atoms with Crippen LogP contribution in [0.1, 0.15) is 36.8 Å². The molecule has 7 rings (SSSR count). The lowest BCUT2D eigenvalue weighted by Crippen LogP contribution is -2.46. The second-order valence-corrected chi connectivity index (χ2v) is 12.2. The third kappa shape index (κ3) is 7.81. The number of aromatic amines is 2. The van der Waals surface area contributed by atoms with Gasteiger partial charge in [0.25, 0.3) is 0 Å². The molecule has 0 bridgehead atoms. The number of ether oxygens (including phenoxy) is 2. The Hall–Kier alpha value is -4.01. The molecule has 4 heterocycles. The van der Waals surface area contributed by atoms with Crippen LogP contribution in [0.4, 0.5) is 5.69 Å². The Balaban J connectivity index is 0.000000200. The number of hydrogen-bond acceptors (Lipinski definition) is 6. The molecule has 9 heteroatoms. The molecule has 0 amide bonds. The van der Waals surface area contributed by atoms with Crippen molar-refractivity contribution in [3.8, 4) is 23.0 Å². The zero-order valence-corrected chi connectivity index (χ0v) is 26.5. The molecule has 3 aromatic carbocycles. The van der Waals surface area contributed by atoms with Gasteiger partial charge in [0, 0.05) is 78.0 Å². The minimum atomic E-state index is 0.320. The SMILES string of the molecule is Oc1ccc2[nH]cc(CCCCCl)c2c1.Oc1ccc2[nH]cc(CCCCN3CCN(c4ccc5c(c4)OCCO5)CC3)c2c1. The average molecular weight is 631 g/mol. The van der Waals surface area contributed by atoms with Crippen LogP contribution in [0.3, 0.4) is 0 Å². The first-order valence-electron chi connectivity index (χ1n) is 16.1. The summed E-state index contributed by atoms with van der Waals surface area (Å²) in [7, 11) is 0. The number of alkyl halides is 1. The van der Waals surface area contributed by atoms with Gasteiger partial charge < -0.3 is 34.6 Å². The number of aromatic nitrogens is 2. The van der Waals surface area contributed by atoms with E-state index in [0.29, 0.717) is 30.6 Å². The van der Waals surface area contributed by atoms with Gasteiger partial charge in [0.05, 0.1) is 0 Å². The molecule has 4 N–H and O–H groups in total. The molecule has 8 nitrogen and oxygen atoms in total. The van der Waals surface area contributed by atoms with Gasteiger partial charge in [-0.05, 0) is 105 Å². The standard InChI is InChI=1S/C24H29N3O3.C12H14ClNO/c28-20-5-6-22-21(16-20)18(17-25-22)3-1-2-8-26-9-11-27(12-10-26)19-4-7-23-24(15-19)30-14-13-29-23;13-6-2-1-3-9-8-14-12-5-4-10(15)7-11(9)12/h4-7,15-17,25,28H,1-3,8-14H2;4-5,7-8,14-15H,1-3,6H2. The maximum atomic E-state index is 9.74. The fourth-order valence-corrected chi connectivity index (χ4v) is 6.45. The summed E-state index contributed by atoms with van der Waals surface area (Å²) < 4.78 is 11.4. The predicted molar refractivity (Wildman–Crippen MR) is 183 cm³/mol. The lowest BCUT2D eigenvalue weighted by atomic mass is 10.1. The van der Waals surface area contributed by atoms with Gasteiger partial charge in [0.2, 0.25) is 0 Å². The first kappa shape index (κ1) is 31.0. The van der Waals surface area contributed by atoms with Crippen LogP contribution in [0.2, 0.25) is 0 Å². The summed E-state index contributed by atoms with van der Waals surface area (Å²) in [4.78, 5) is 11.5. The molecule has 1 fully saturated rings. The van der Waals surface area contributed by atoms with Crippen LogP contribution in [0, 0.1) is 0 Å². The molecule has 1 saturated heterocycles. The van der Waals surface area contributed by atoms with E-state index in [1.807, 2.05) is 36.5 Å². The van der Waals surface area contributed by atoms with E-state index in [-0.39, 0.29) is 0 Å². The maximum Gasteiger partial charge on any atom is 0.163 e. The molecule has 2 aliphatic rings. The number of rotatable bonds is 10. The van der Waals surface area contributed by atoms with Gasteiger partial charge in [-0.25, -0.2) is 0 Å². The topological polar surface area (TPSA) is 97.0 Å². The number of benzene rings is 3. The Bertz CT molecular complexity index is 1690. The van der Waals surface area contributed by atoms with Crippen molar-refractivity contribution < 1.29 is 19.7 Å².